The van der Waals surface area contributed by atoms with Gasteiger partial charge in [-0.1, -0.05) is 23.9 Å². The minimum atomic E-state index is -0.270. The van der Waals surface area contributed by atoms with Crippen LogP contribution in [0, 0.1) is 0 Å². The van der Waals surface area contributed by atoms with E-state index in [9.17, 15) is 4.79 Å². The van der Waals surface area contributed by atoms with Crippen molar-refractivity contribution in [1.29, 1.82) is 0 Å². The van der Waals surface area contributed by atoms with Crippen molar-refractivity contribution in [3.8, 4) is 0 Å². The van der Waals surface area contributed by atoms with Crippen molar-refractivity contribution in [2.24, 2.45) is 0 Å². The Bertz CT molecular complexity index is 775. The molecule has 86 valence electrons. The third-order valence-corrected chi connectivity index (χ3v) is 3.24. The van der Waals surface area contributed by atoms with Gasteiger partial charge in [-0.25, -0.2) is 0 Å². The lowest BCUT2D eigenvalue weighted by molar-refractivity contribution is 0.911. The highest BCUT2D eigenvalue weighted by molar-refractivity contribution is 7.98. The van der Waals surface area contributed by atoms with Crippen molar-refractivity contribution < 1.29 is 0 Å². The average Bonchev–Trinajstić information content (AvgIpc) is 2.80. The molecular weight excluding hydrogens is 238 g/mol. The maximum absolute atomic E-state index is 12.0. The van der Waals surface area contributed by atoms with E-state index in [-0.39, 0.29) is 5.56 Å². The first-order valence-corrected chi connectivity index (χ1v) is 6.14. The summed E-state index contributed by atoms with van der Waals surface area (Å²) in [6, 6.07) is 7.27. The Labute approximate surface area is 100 Å². The van der Waals surface area contributed by atoms with Gasteiger partial charge < -0.3 is 5.84 Å². The average molecular weight is 247 g/mol. The number of nitrogens with two attached hydrogens (primary N) is 1. The molecule has 17 heavy (non-hydrogen) atoms. The van der Waals surface area contributed by atoms with Crippen LogP contribution in [0.3, 0.4) is 0 Å². The topological polar surface area (TPSA) is 78.2 Å². The predicted octanol–water partition coefficient (Wildman–Crippen LogP) is 0.480. The van der Waals surface area contributed by atoms with E-state index in [0.717, 1.165) is 10.2 Å². The fourth-order valence-corrected chi connectivity index (χ4v) is 2.32. The van der Waals surface area contributed by atoms with Crippen molar-refractivity contribution in [1.82, 2.24) is 19.3 Å². The summed E-state index contributed by atoms with van der Waals surface area (Å²) in [6.07, 6.45) is 1.90. The Morgan fingerprint density at radius 3 is 2.82 bits per heavy atom. The first-order chi connectivity index (χ1) is 8.24. The highest BCUT2D eigenvalue weighted by Gasteiger charge is 2.13. The SMILES string of the molecule is CSc1nnc2n(N)c(=O)c3ccccc3n12. The van der Waals surface area contributed by atoms with E-state index >= 15 is 0 Å². The van der Waals surface area contributed by atoms with Crippen LogP contribution in [0.25, 0.3) is 16.7 Å². The van der Waals surface area contributed by atoms with Gasteiger partial charge in [-0.05, 0) is 18.4 Å². The maximum atomic E-state index is 12.0. The minimum absolute atomic E-state index is 0.270. The van der Waals surface area contributed by atoms with Crippen LogP contribution in [0.5, 0.6) is 0 Å². The summed E-state index contributed by atoms with van der Waals surface area (Å²) >= 11 is 1.45. The summed E-state index contributed by atoms with van der Waals surface area (Å²) < 4.78 is 2.80. The number of hydrogen-bond acceptors (Lipinski definition) is 5. The Morgan fingerprint density at radius 2 is 2.06 bits per heavy atom. The van der Waals surface area contributed by atoms with E-state index in [0.29, 0.717) is 16.3 Å². The second-order valence-electron chi connectivity index (χ2n) is 3.51. The van der Waals surface area contributed by atoms with E-state index in [1.807, 2.05) is 18.4 Å². The van der Waals surface area contributed by atoms with Crippen LogP contribution >= 0.6 is 11.8 Å². The molecule has 3 rings (SSSR count). The van der Waals surface area contributed by atoms with Gasteiger partial charge in [-0.3, -0.25) is 9.20 Å². The van der Waals surface area contributed by atoms with E-state index in [4.69, 9.17) is 5.84 Å². The summed E-state index contributed by atoms with van der Waals surface area (Å²) in [5.74, 6) is 6.07. The van der Waals surface area contributed by atoms with Crippen molar-refractivity contribution in [2.45, 2.75) is 5.16 Å². The number of benzene rings is 1. The molecule has 0 radical (unpaired) electrons. The van der Waals surface area contributed by atoms with Gasteiger partial charge in [0.1, 0.15) is 0 Å². The molecule has 1 aromatic carbocycles. The molecule has 0 unspecified atom stereocenters. The van der Waals surface area contributed by atoms with E-state index in [1.54, 1.807) is 16.5 Å². The molecule has 0 amide bonds. The second-order valence-corrected chi connectivity index (χ2v) is 4.29. The zero-order chi connectivity index (χ0) is 12.0. The molecule has 0 spiro atoms. The lowest BCUT2D eigenvalue weighted by Gasteiger charge is -2.05. The number of nitrogens with zero attached hydrogens (tertiary/aromatic N) is 4. The molecule has 0 aliphatic heterocycles. The lowest BCUT2D eigenvalue weighted by Crippen LogP contribution is -2.29. The summed E-state index contributed by atoms with van der Waals surface area (Å²) in [4.78, 5) is 12.0. The van der Waals surface area contributed by atoms with E-state index in [2.05, 4.69) is 10.2 Å². The first-order valence-electron chi connectivity index (χ1n) is 4.92. The molecule has 2 N–H and O–H groups in total. The molecule has 0 aliphatic rings. The Balaban J connectivity index is 2.69. The highest BCUT2D eigenvalue weighted by atomic mass is 32.2. The standard InChI is InChI=1S/C10H9N5OS/c1-17-10-13-12-9-14(10)7-5-3-2-4-6(7)8(16)15(9)11/h2-5H,11H2,1H3. The molecule has 0 atom stereocenters. The quantitative estimate of drug-likeness (QED) is 0.500. The zero-order valence-electron chi connectivity index (χ0n) is 8.99. The number of para-hydroxylation sites is 1. The zero-order valence-corrected chi connectivity index (χ0v) is 9.81. The summed E-state index contributed by atoms with van der Waals surface area (Å²) in [5, 5.41) is 9.19. The number of fused-ring (bicyclic) bond motifs is 3. The molecular formula is C10H9N5OS. The van der Waals surface area contributed by atoms with Gasteiger partial charge in [0.25, 0.3) is 11.3 Å². The van der Waals surface area contributed by atoms with Gasteiger partial charge in [-0.2, -0.15) is 4.68 Å². The Kier molecular flexibility index (Phi) is 2.08. The summed E-state index contributed by atoms with van der Waals surface area (Å²) in [5.41, 5.74) is 0.497. The first kappa shape index (κ1) is 10.2. The van der Waals surface area contributed by atoms with Crippen LogP contribution < -0.4 is 11.4 Å². The molecule has 0 fully saturated rings. The van der Waals surface area contributed by atoms with Crippen molar-refractivity contribution in [3.05, 3.63) is 34.6 Å². The van der Waals surface area contributed by atoms with Crippen molar-refractivity contribution >= 4 is 28.4 Å². The monoisotopic (exact) mass is 247 g/mol. The van der Waals surface area contributed by atoms with Crippen LogP contribution in [0.15, 0.2) is 34.2 Å². The maximum Gasteiger partial charge on any atom is 0.281 e. The van der Waals surface area contributed by atoms with Crippen LogP contribution in [0.1, 0.15) is 0 Å². The number of thioether (sulfide) groups is 1. The smallest absolute Gasteiger partial charge is 0.281 e. The van der Waals surface area contributed by atoms with Gasteiger partial charge >= 0.3 is 0 Å². The highest BCUT2D eigenvalue weighted by Crippen LogP contribution is 2.18. The molecule has 7 heteroatoms. The third-order valence-electron chi connectivity index (χ3n) is 2.61. The fraction of sp³-hybridized carbons (Fsp3) is 0.100. The molecule has 0 bridgehead atoms. The number of nitrogen functional groups attached to an aromatic ring is 1. The number of hydrogen-bond donors (Lipinski definition) is 1. The lowest BCUT2D eigenvalue weighted by atomic mass is 10.2. The van der Waals surface area contributed by atoms with Gasteiger partial charge in [0.2, 0.25) is 0 Å². The van der Waals surface area contributed by atoms with Crippen LogP contribution in [0.2, 0.25) is 0 Å². The molecule has 3 aromatic rings. The Morgan fingerprint density at radius 1 is 1.29 bits per heavy atom. The molecule has 0 saturated carbocycles. The third kappa shape index (κ3) is 1.26. The van der Waals surface area contributed by atoms with Crippen LogP contribution in [-0.4, -0.2) is 25.5 Å². The van der Waals surface area contributed by atoms with Crippen LogP contribution in [0.4, 0.5) is 0 Å². The normalized spacial score (nSPS) is 11.4. The number of rotatable bonds is 1. The molecule has 2 heterocycles. The largest absolute Gasteiger partial charge is 0.333 e. The molecule has 6 nitrogen and oxygen atoms in total. The minimum Gasteiger partial charge on any atom is -0.333 e. The summed E-state index contributed by atoms with van der Waals surface area (Å²) in [6.45, 7) is 0. The van der Waals surface area contributed by atoms with E-state index < -0.39 is 0 Å². The Hall–Kier alpha value is -2.02. The van der Waals surface area contributed by atoms with Gasteiger partial charge in [0.15, 0.2) is 5.16 Å². The van der Waals surface area contributed by atoms with E-state index in [1.165, 1.54) is 11.8 Å². The van der Waals surface area contributed by atoms with Crippen molar-refractivity contribution in [2.75, 3.05) is 12.1 Å². The van der Waals surface area contributed by atoms with Gasteiger partial charge in [0, 0.05) is 0 Å². The van der Waals surface area contributed by atoms with Crippen LogP contribution in [-0.2, 0) is 0 Å². The number of aromatic nitrogens is 4. The van der Waals surface area contributed by atoms with Crippen molar-refractivity contribution in [3.63, 3.8) is 0 Å². The van der Waals surface area contributed by atoms with Gasteiger partial charge in [0.05, 0.1) is 10.9 Å². The van der Waals surface area contributed by atoms with Gasteiger partial charge in [-0.15, -0.1) is 10.2 Å². The molecule has 2 aromatic heterocycles. The summed E-state index contributed by atoms with van der Waals surface area (Å²) in [7, 11) is 0. The predicted molar refractivity (Wildman–Crippen MR) is 66.7 cm³/mol. The fourth-order valence-electron chi connectivity index (χ4n) is 1.83. The second kappa shape index (κ2) is 3.49. The molecule has 0 aliphatic carbocycles. The molecule has 0 saturated heterocycles.